The van der Waals surface area contributed by atoms with Gasteiger partial charge in [0.15, 0.2) is 9.84 Å². The number of carbonyl (C=O) groups excluding carboxylic acids is 1. The fourth-order valence-electron chi connectivity index (χ4n) is 3.15. The second kappa shape index (κ2) is 6.03. The van der Waals surface area contributed by atoms with E-state index in [1.165, 1.54) is 9.21 Å². The van der Waals surface area contributed by atoms with E-state index in [9.17, 15) is 21.6 Å². The molecular formula is C15H20N2O5S2. The molecule has 1 aromatic carbocycles. The molecule has 2 aliphatic rings. The highest BCUT2D eigenvalue weighted by Crippen LogP contribution is 2.25. The summed E-state index contributed by atoms with van der Waals surface area (Å²) in [5, 5.41) is 0. The van der Waals surface area contributed by atoms with Gasteiger partial charge in [-0.25, -0.2) is 16.8 Å². The van der Waals surface area contributed by atoms with Crippen molar-refractivity contribution >= 4 is 31.5 Å². The van der Waals surface area contributed by atoms with Crippen molar-refractivity contribution < 1.29 is 21.6 Å². The molecule has 0 aliphatic carbocycles. The van der Waals surface area contributed by atoms with Crippen molar-refractivity contribution in [1.82, 2.24) is 4.90 Å². The van der Waals surface area contributed by atoms with Crippen molar-refractivity contribution in [2.24, 2.45) is 0 Å². The van der Waals surface area contributed by atoms with E-state index in [-0.39, 0.29) is 29.2 Å². The number of amides is 1. The molecule has 0 saturated carbocycles. The number of hydrogen-bond donors (Lipinski definition) is 0. The number of sulfone groups is 1. The van der Waals surface area contributed by atoms with Gasteiger partial charge in [0.1, 0.15) is 0 Å². The number of rotatable bonds is 3. The lowest BCUT2D eigenvalue weighted by Gasteiger charge is -2.24. The van der Waals surface area contributed by atoms with E-state index in [2.05, 4.69) is 0 Å². The first-order chi connectivity index (χ1) is 11.2. The molecule has 2 fully saturated rings. The summed E-state index contributed by atoms with van der Waals surface area (Å²) in [6.45, 7) is 0.454. The van der Waals surface area contributed by atoms with Gasteiger partial charge in [-0.15, -0.1) is 0 Å². The van der Waals surface area contributed by atoms with Crippen LogP contribution in [0.1, 0.15) is 23.2 Å². The average Bonchev–Trinajstić information content (AvgIpc) is 3.07. The van der Waals surface area contributed by atoms with Crippen molar-refractivity contribution in [3.8, 4) is 0 Å². The molecule has 0 aromatic heterocycles. The van der Waals surface area contributed by atoms with Gasteiger partial charge in [0.05, 0.1) is 22.9 Å². The molecule has 0 bridgehead atoms. The van der Waals surface area contributed by atoms with Gasteiger partial charge in [-0.1, -0.05) is 0 Å². The summed E-state index contributed by atoms with van der Waals surface area (Å²) >= 11 is 0. The van der Waals surface area contributed by atoms with Crippen LogP contribution in [0.25, 0.3) is 0 Å². The Labute approximate surface area is 142 Å². The highest BCUT2D eigenvalue weighted by Gasteiger charge is 2.33. The number of benzene rings is 1. The molecule has 2 aliphatic heterocycles. The molecule has 0 radical (unpaired) electrons. The molecule has 0 N–H and O–H groups in total. The molecule has 1 amide bonds. The molecule has 24 heavy (non-hydrogen) atoms. The number of sulfonamides is 1. The smallest absolute Gasteiger partial charge is 0.253 e. The Hall–Kier alpha value is -1.61. The van der Waals surface area contributed by atoms with Crippen LogP contribution in [0.5, 0.6) is 0 Å². The van der Waals surface area contributed by atoms with Crippen LogP contribution in [0, 0.1) is 0 Å². The molecule has 1 atom stereocenters. The molecule has 1 aromatic rings. The van der Waals surface area contributed by atoms with E-state index >= 15 is 0 Å². The molecule has 7 nitrogen and oxygen atoms in total. The van der Waals surface area contributed by atoms with E-state index in [1.807, 2.05) is 0 Å². The summed E-state index contributed by atoms with van der Waals surface area (Å²) in [6.07, 6.45) is 1.05. The highest BCUT2D eigenvalue weighted by molar-refractivity contribution is 7.93. The average molecular weight is 372 g/mol. The normalized spacial score (nSPS) is 24.9. The van der Waals surface area contributed by atoms with Gasteiger partial charge in [0.25, 0.3) is 5.91 Å². The maximum absolute atomic E-state index is 12.5. The Morgan fingerprint density at radius 3 is 2.29 bits per heavy atom. The molecule has 2 heterocycles. The van der Waals surface area contributed by atoms with Gasteiger partial charge in [0, 0.05) is 25.2 Å². The van der Waals surface area contributed by atoms with Crippen LogP contribution in [-0.4, -0.2) is 64.5 Å². The van der Waals surface area contributed by atoms with Gasteiger partial charge in [0.2, 0.25) is 10.0 Å². The fraction of sp³-hybridized carbons (Fsp3) is 0.533. The summed E-state index contributed by atoms with van der Waals surface area (Å²) in [7, 11) is -4.69. The lowest BCUT2D eigenvalue weighted by molar-refractivity contribution is 0.0747. The summed E-state index contributed by atoms with van der Waals surface area (Å²) in [4.78, 5) is 14.0. The first-order valence-electron chi connectivity index (χ1n) is 7.78. The lowest BCUT2D eigenvalue weighted by Crippen LogP contribution is -2.37. The van der Waals surface area contributed by atoms with Crippen LogP contribution in [0.3, 0.4) is 0 Å². The topological polar surface area (TPSA) is 91.8 Å². The number of anilines is 1. The minimum Gasteiger partial charge on any atom is -0.338 e. The minimum absolute atomic E-state index is 0.000650. The third kappa shape index (κ3) is 3.27. The molecule has 132 valence electrons. The first kappa shape index (κ1) is 17.2. The molecular weight excluding hydrogens is 352 g/mol. The van der Waals surface area contributed by atoms with Crippen molar-refractivity contribution in [2.45, 2.75) is 18.9 Å². The first-order valence-corrected chi connectivity index (χ1v) is 11.2. The predicted molar refractivity (Wildman–Crippen MR) is 91.3 cm³/mol. The molecule has 3 rings (SSSR count). The van der Waals surface area contributed by atoms with Crippen LogP contribution >= 0.6 is 0 Å². The zero-order valence-corrected chi connectivity index (χ0v) is 15.0. The molecule has 0 unspecified atom stereocenters. The Balaban J connectivity index is 1.75. The Morgan fingerprint density at radius 1 is 1.12 bits per heavy atom. The lowest BCUT2D eigenvalue weighted by atomic mass is 10.1. The van der Waals surface area contributed by atoms with Crippen molar-refractivity contribution in [2.75, 3.05) is 35.2 Å². The summed E-state index contributed by atoms with van der Waals surface area (Å²) < 4.78 is 48.3. The van der Waals surface area contributed by atoms with Crippen molar-refractivity contribution in [1.29, 1.82) is 0 Å². The van der Waals surface area contributed by atoms with Crippen LogP contribution in [0.4, 0.5) is 5.69 Å². The SMILES string of the molecule is CN(C(=O)c1ccc(N2CCCS2(=O)=O)cc1)[C@@H]1CCS(=O)(=O)C1. The van der Waals surface area contributed by atoms with E-state index in [4.69, 9.17) is 0 Å². The zero-order valence-electron chi connectivity index (χ0n) is 13.4. The quantitative estimate of drug-likeness (QED) is 0.770. The van der Waals surface area contributed by atoms with Crippen LogP contribution in [0.2, 0.25) is 0 Å². The molecule has 9 heteroatoms. The second-order valence-corrected chi connectivity index (χ2v) is 10.5. The fourth-order valence-corrected chi connectivity index (χ4v) is 6.49. The minimum atomic E-state index is -3.24. The van der Waals surface area contributed by atoms with Gasteiger partial charge in [-0.2, -0.15) is 0 Å². The third-order valence-electron chi connectivity index (χ3n) is 4.58. The van der Waals surface area contributed by atoms with E-state index in [0.717, 1.165) is 0 Å². The third-order valence-corrected chi connectivity index (χ3v) is 8.20. The summed E-state index contributed by atoms with van der Waals surface area (Å²) in [6, 6.07) is 6.11. The van der Waals surface area contributed by atoms with E-state index < -0.39 is 19.9 Å². The molecule has 2 saturated heterocycles. The van der Waals surface area contributed by atoms with E-state index in [1.54, 1.807) is 31.3 Å². The van der Waals surface area contributed by atoms with Gasteiger partial charge < -0.3 is 4.90 Å². The maximum atomic E-state index is 12.5. The monoisotopic (exact) mass is 372 g/mol. The van der Waals surface area contributed by atoms with Crippen molar-refractivity contribution in [3.05, 3.63) is 29.8 Å². The van der Waals surface area contributed by atoms with Crippen LogP contribution in [0.15, 0.2) is 24.3 Å². The summed E-state index contributed by atoms with van der Waals surface area (Å²) in [5.74, 6) is 0.000360. The second-order valence-electron chi connectivity index (χ2n) is 6.26. The van der Waals surface area contributed by atoms with Crippen LogP contribution in [-0.2, 0) is 19.9 Å². The summed E-state index contributed by atoms with van der Waals surface area (Å²) in [5.41, 5.74) is 0.970. The maximum Gasteiger partial charge on any atom is 0.253 e. The zero-order chi connectivity index (χ0) is 17.5. The van der Waals surface area contributed by atoms with Gasteiger partial charge in [-0.05, 0) is 37.1 Å². The number of carbonyl (C=O) groups is 1. The predicted octanol–water partition coefficient (Wildman–Crippen LogP) is 0.486. The van der Waals surface area contributed by atoms with E-state index in [0.29, 0.717) is 30.6 Å². The van der Waals surface area contributed by atoms with Gasteiger partial charge >= 0.3 is 0 Å². The number of hydrogen-bond acceptors (Lipinski definition) is 5. The highest BCUT2D eigenvalue weighted by atomic mass is 32.2. The van der Waals surface area contributed by atoms with Gasteiger partial charge in [-0.3, -0.25) is 9.10 Å². The standard InChI is InChI=1S/C15H20N2O5S2/c1-16(14-7-10-23(19,20)11-14)15(18)12-3-5-13(6-4-12)17-8-2-9-24(17,21)22/h3-6,14H,2,7-11H2,1H3/t14-/m1/s1. The number of nitrogens with zero attached hydrogens (tertiary/aromatic N) is 2. The van der Waals surface area contributed by atoms with Crippen LogP contribution < -0.4 is 4.31 Å². The Kier molecular flexibility index (Phi) is 4.33. The Bertz CT molecular complexity index is 846. The Morgan fingerprint density at radius 2 is 1.79 bits per heavy atom. The largest absolute Gasteiger partial charge is 0.338 e. The van der Waals surface area contributed by atoms with Crippen molar-refractivity contribution in [3.63, 3.8) is 0 Å². The molecule has 0 spiro atoms.